The van der Waals surface area contributed by atoms with Gasteiger partial charge in [-0.15, -0.1) is 10.2 Å². The molecular formula is C11H9ClN2O3S2. The van der Waals surface area contributed by atoms with Gasteiger partial charge in [0.25, 0.3) is 5.22 Å². The summed E-state index contributed by atoms with van der Waals surface area (Å²) in [4.78, 5) is 0. The molecule has 0 N–H and O–H groups in total. The Labute approximate surface area is 119 Å². The number of rotatable bonds is 3. The Bertz CT molecular complexity index is 685. The van der Waals surface area contributed by atoms with Gasteiger partial charge in [0, 0.05) is 15.8 Å². The van der Waals surface area contributed by atoms with E-state index in [1.165, 1.54) is 11.8 Å². The fourth-order valence-corrected chi connectivity index (χ4v) is 5.14. The number of halogens is 1. The smallest absolute Gasteiger partial charge is 0.277 e. The molecule has 1 saturated heterocycles. The number of hydrogen-bond acceptors (Lipinski definition) is 6. The summed E-state index contributed by atoms with van der Waals surface area (Å²) in [5.74, 6) is 0.758. The van der Waals surface area contributed by atoms with Crippen LogP contribution in [-0.4, -0.2) is 35.4 Å². The predicted molar refractivity (Wildman–Crippen MR) is 73.0 cm³/mol. The van der Waals surface area contributed by atoms with Crippen LogP contribution in [0.2, 0.25) is 5.02 Å². The number of benzene rings is 1. The second-order valence-electron chi connectivity index (χ2n) is 4.20. The van der Waals surface area contributed by atoms with Crippen molar-refractivity contribution in [3.63, 3.8) is 0 Å². The Morgan fingerprint density at radius 1 is 1.21 bits per heavy atom. The van der Waals surface area contributed by atoms with Crippen molar-refractivity contribution in [1.82, 2.24) is 10.2 Å². The van der Waals surface area contributed by atoms with E-state index in [0.717, 1.165) is 5.56 Å². The molecule has 19 heavy (non-hydrogen) atoms. The van der Waals surface area contributed by atoms with Crippen molar-refractivity contribution in [2.45, 2.75) is 10.5 Å². The zero-order valence-corrected chi connectivity index (χ0v) is 12.0. The lowest BCUT2D eigenvalue weighted by Crippen LogP contribution is -2.38. The lowest BCUT2D eigenvalue weighted by atomic mass is 10.2. The first-order chi connectivity index (χ1) is 9.02. The number of thioether (sulfide) groups is 1. The molecule has 0 amide bonds. The highest BCUT2D eigenvalue weighted by Crippen LogP contribution is 2.32. The van der Waals surface area contributed by atoms with Gasteiger partial charge in [-0.05, 0) is 24.3 Å². The molecule has 1 aliphatic rings. The zero-order valence-electron chi connectivity index (χ0n) is 9.61. The van der Waals surface area contributed by atoms with Crippen LogP contribution >= 0.6 is 23.4 Å². The zero-order chi connectivity index (χ0) is 13.5. The first-order valence-electron chi connectivity index (χ1n) is 5.48. The molecule has 2 heterocycles. The van der Waals surface area contributed by atoms with Gasteiger partial charge < -0.3 is 4.42 Å². The summed E-state index contributed by atoms with van der Waals surface area (Å²) in [5.41, 5.74) is 0.782. The van der Waals surface area contributed by atoms with Gasteiger partial charge in [-0.3, -0.25) is 0 Å². The monoisotopic (exact) mass is 316 g/mol. The van der Waals surface area contributed by atoms with Crippen LogP contribution in [0.15, 0.2) is 33.9 Å². The summed E-state index contributed by atoms with van der Waals surface area (Å²) in [6.07, 6.45) is 0. The maximum Gasteiger partial charge on any atom is 0.277 e. The topological polar surface area (TPSA) is 73.1 Å². The Hall–Kier alpha value is -1.05. The molecule has 1 aromatic heterocycles. The van der Waals surface area contributed by atoms with Crippen LogP contribution < -0.4 is 0 Å². The first-order valence-corrected chi connectivity index (χ1v) is 8.56. The summed E-state index contributed by atoms with van der Waals surface area (Å²) in [6, 6.07) is 7.06. The van der Waals surface area contributed by atoms with Crippen molar-refractivity contribution in [2.24, 2.45) is 0 Å². The van der Waals surface area contributed by atoms with Gasteiger partial charge in [0.1, 0.15) is 0 Å². The van der Waals surface area contributed by atoms with E-state index in [9.17, 15) is 8.42 Å². The third kappa shape index (κ3) is 2.93. The molecule has 1 aromatic carbocycles. The molecule has 0 unspecified atom stereocenters. The van der Waals surface area contributed by atoms with E-state index in [4.69, 9.17) is 16.0 Å². The lowest BCUT2D eigenvalue weighted by molar-refractivity contribution is 0.465. The van der Waals surface area contributed by atoms with E-state index >= 15 is 0 Å². The lowest BCUT2D eigenvalue weighted by Gasteiger charge is -2.22. The standard InChI is InChI=1S/C11H9ClN2O3S2/c12-8-3-1-7(2-4-8)10-13-14-11(17-10)18-9-5-19(15,16)6-9/h1-4,9H,5-6H2. The molecule has 0 bridgehead atoms. The molecule has 1 aliphatic heterocycles. The second-order valence-corrected chi connectivity index (χ2v) is 8.04. The molecule has 0 aliphatic carbocycles. The van der Waals surface area contributed by atoms with E-state index in [1.807, 2.05) is 0 Å². The quantitative estimate of drug-likeness (QED) is 0.865. The van der Waals surface area contributed by atoms with Gasteiger partial charge in [0.05, 0.1) is 11.5 Å². The average Bonchev–Trinajstić information content (AvgIpc) is 2.76. The summed E-state index contributed by atoms with van der Waals surface area (Å²) < 4.78 is 27.6. The van der Waals surface area contributed by atoms with E-state index in [2.05, 4.69) is 10.2 Å². The Morgan fingerprint density at radius 2 is 1.89 bits per heavy atom. The minimum Gasteiger partial charge on any atom is -0.411 e. The van der Waals surface area contributed by atoms with Gasteiger partial charge >= 0.3 is 0 Å². The van der Waals surface area contributed by atoms with Gasteiger partial charge in [-0.2, -0.15) is 0 Å². The molecule has 0 spiro atoms. The molecule has 0 atom stereocenters. The predicted octanol–water partition coefficient (Wildman–Crippen LogP) is 2.28. The van der Waals surface area contributed by atoms with E-state index in [-0.39, 0.29) is 16.8 Å². The van der Waals surface area contributed by atoms with Gasteiger partial charge in [0.2, 0.25) is 5.89 Å². The van der Waals surface area contributed by atoms with Crippen LogP contribution in [0.4, 0.5) is 0 Å². The number of sulfone groups is 1. The van der Waals surface area contributed by atoms with Crippen LogP contribution in [-0.2, 0) is 9.84 Å². The molecular weight excluding hydrogens is 308 g/mol. The molecule has 2 aromatic rings. The highest BCUT2D eigenvalue weighted by Gasteiger charge is 2.35. The number of nitrogens with zero attached hydrogens (tertiary/aromatic N) is 2. The van der Waals surface area contributed by atoms with E-state index in [1.54, 1.807) is 24.3 Å². The van der Waals surface area contributed by atoms with Crippen LogP contribution in [0.5, 0.6) is 0 Å². The maximum atomic E-state index is 11.1. The molecule has 1 fully saturated rings. The Balaban J connectivity index is 1.71. The van der Waals surface area contributed by atoms with Crippen LogP contribution in [0, 0.1) is 0 Å². The molecule has 0 saturated carbocycles. The van der Waals surface area contributed by atoms with Crippen LogP contribution in [0.1, 0.15) is 0 Å². The van der Waals surface area contributed by atoms with Crippen molar-refractivity contribution in [2.75, 3.05) is 11.5 Å². The third-order valence-corrected chi connectivity index (χ3v) is 6.17. The van der Waals surface area contributed by atoms with Crippen molar-refractivity contribution in [3.8, 4) is 11.5 Å². The normalized spacial score (nSPS) is 18.2. The molecule has 8 heteroatoms. The Kier molecular flexibility index (Phi) is 3.28. The molecule has 0 radical (unpaired) electrons. The minimum atomic E-state index is -2.83. The first kappa shape index (κ1) is 13.0. The van der Waals surface area contributed by atoms with Crippen molar-refractivity contribution < 1.29 is 12.8 Å². The van der Waals surface area contributed by atoms with Gasteiger partial charge in [-0.1, -0.05) is 23.4 Å². The highest BCUT2D eigenvalue weighted by atomic mass is 35.5. The van der Waals surface area contributed by atoms with Crippen molar-refractivity contribution in [1.29, 1.82) is 0 Å². The summed E-state index contributed by atoms with van der Waals surface area (Å²) in [7, 11) is -2.83. The fourth-order valence-electron chi connectivity index (χ4n) is 1.69. The molecule has 5 nitrogen and oxygen atoms in total. The van der Waals surface area contributed by atoms with E-state index in [0.29, 0.717) is 16.1 Å². The largest absolute Gasteiger partial charge is 0.411 e. The molecule has 3 rings (SSSR count). The van der Waals surface area contributed by atoms with Crippen molar-refractivity contribution >= 4 is 33.2 Å². The summed E-state index contributed by atoms with van der Waals surface area (Å²) in [5, 5.41) is 8.88. The maximum absolute atomic E-state index is 11.1. The third-order valence-electron chi connectivity index (χ3n) is 2.64. The van der Waals surface area contributed by atoms with Crippen LogP contribution in [0.3, 0.4) is 0 Å². The second kappa shape index (κ2) is 4.81. The minimum absolute atomic E-state index is 0.0171. The van der Waals surface area contributed by atoms with Gasteiger partial charge in [-0.25, -0.2) is 8.42 Å². The summed E-state index contributed by atoms with van der Waals surface area (Å²) >= 11 is 7.10. The number of aromatic nitrogens is 2. The number of hydrogen-bond donors (Lipinski definition) is 0. The fraction of sp³-hybridized carbons (Fsp3) is 0.273. The Morgan fingerprint density at radius 3 is 2.53 bits per heavy atom. The van der Waals surface area contributed by atoms with Crippen molar-refractivity contribution in [3.05, 3.63) is 29.3 Å². The molecule has 100 valence electrons. The summed E-state index contributed by atoms with van der Waals surface area (Å²) in [6.45, 7) is 0. The van der Waals surface area contributed by atoms with Gasteiger partial charge in [0.15, 0.2) is 9.84 Å². The highest BCUT2D eigenvalue weighted by molar-refractivity contribution is 8.04. The van der Waals surface area contributed by atoms with E-state index < -0.39 is 9.84 Å². The average molecular weight is 317 g/mol. The SMILES string of the molecule is O=S1(=O)CC(Sc2nnc(-c3ccc(Cl)cc3)o2)C1. The van der Waals surface area contributed by atoms with Crippen LogP contribution in [0.25, 0.3) is 11.5 Å².